The van der Waals surface area contributed by atoms with Gasteiger partial charge in [0.15, 0.2) is 5.65 Å². The normalized spacial score (nSPS) is 18.3. The Morgan fingerprint density at radius 3 is 2.74 bits per heavy atom. The third kappa shape index (κ3) is 3.67. The van der Waals surface area contributed by atoms with Gasteiger partial charge in [0.05, 0.1) is 5.52 Å². The van der Waals surface area contributed by atoms with Gasteiger partial charge in [-0.15, -0.1) is 0 Å². The lowest BCUT2D eigenvalue weighted by Crippen LogP contribution is -2.37. The number of amides is 1. The lowest BCUT2D eigenvalue weighted by molar-refractivity contribution is 0.0983. The maximum atomic E-state index is 13.4. The molecule has 1 fully saturated rings. The molecule has 5 heterocycles. The van der Waals surface area contributed by atoms with Crippen molar-refractivity contribution in [2.75, 3.05) is 29.4 Å². The van der Waals surface area contributed by atoms with E-state index >= 15 is 0 Å². The van der Waals surface area contributed by atoms with Crippen LogP contribution in [0.5, 0.6) is 0 Å². The van der Waals surface area contributed by atoms with Crippen molar-refractivity contribution in [3.63, 3.8) is 0 Å². The highest BCUT2D eigenvalue weighted by molar-refractivity contribution is 6.06. The predicted molar refractivity (Wildman–Crippen MR) is 134 cm³/mol. The molecule has 6 rings (SSSR count). The second kappa shape index (κ2) is 8.33. The van der Waals surface area contributed by atoms with E-state index in [1.165, 1.54) is 17.5 Å². The van der Waals surface area contributed by atoms with E-state index in [9.17, 15) is 9.59 Å². The first-order chi connectivity index (χ1) is 17.0. The van der Waals surface area contributed by atoms with Crippen LogP contribution in [-0.4, -0.2) is 50.0 Å². The number of rotatable bonds is 3. The van der Waals surface area contributed by atoms with Crippen LogP contribution in [0, 0.1) is 6.92 Å². The first-order valence-corrected chi connectivity index (χ1v) is 12.0. The van der Waals surface area contributed by atoms with E-state index in [1.807, 2.05) is 33.7 Å². The summed E-state index contributed by atoms with van der Waals surface area (Å²) >= 11 is 0. The number of hydrogen-bond acceptors (Lipinski definition) is 6. The Morgan fingerprint density at radius 2 is 1.91 bits per heavy atom. The molecule has 9 heteroatoms. The molecule has 1 amide bonds. The standard InChI is InChI=1S/C26H27N7O2/c1-16-5-6-21-19(12-16)17(2)14-32(21)25(34)20-13-23(29-15-28-20)31-10-7-18(8-11-31)33-22-4-3-9-27-24(22)30-26(33)35/h3-6,9,12-13,15,17-18H,7-8,10-11,14H2,1-2H3,(H,27,30,35). The van der Waals surface area contributed by atoms with Crippen LogP contribution in [0.25, 0.3) is 11.2 Å². The summed E-state index contributed by atoms with van der Waals surface area (Å²) in [7, 11) is 0. The van der Waals surface area contributed by atoms with Crippen molar-refractivity contribution in [3.8, 4) is 0 Å². The Bertz CT molecular complexity index is 1480. The van der Waals surface area contributed by atoms with Crippen LogP contribution < -0.4 is 15.5 Å². The molecule has 35 heavy (non-hydrogen) atoms. The maximum absolute atomic E-state index is 13.4. The summed E-state index contributed by atoms with van der Waals surface area (Å²) in [4.78, 5) is 45.8. The summed E-state index contributed by atoms with van der Waals surface area (Å²) in [5.41, 5.74) is 5.10. The van der Waals surface area contributed by atoms with E-state index in [2.05, 4.69) is 44.7 Å². The number of fused-ring (bicyclic) bond motifs is 2. The third-order valence-corrected chi connectivity index (χ3v) is 7.22. The zero-order valence-electron chi connectivity index (χ0n) is 19.8. The van der Waals surface area contributed by atoms with Crippen molar-refractivity contribution in [3.05, 3.63) is 76.2 Å². The number of hydrogen-bond donors (Lipinski definition) is 1. The predicted octanol–water partition coefficient (Wildman–Crippen LogP) is 3.43. The van der Waals surface area contributed by atoms with Gasteiger partial charge in [-0.3, -0.25) is 14.3 Å². The number of anilines is 2. The number of aryl methyl sites for hydroxylation is 1. The highest BCUT2D eigenvalue weighted by atomic mass is 16.2. The number of aromatic nitrogens is 5. The van der Waals surface area contributed by atoms with Crippen LogP contribution in [0.15, 0.2) is 53.7 Å². The Balaban J connectivity index is 1.20. The van der Waals surface area contributed by atoms with Crippen molar-refractivity contribution >= 4 is 28.6 Å². The Kier molecular flexibility index (Phi) is 5.12. The van der Waals surface area contributed by atoms with E-state index in [4.69, 9.17) is 0 Å². The molecule has 3 aromatic heterocycles. The average molecular weight is 470 g/mol. The van der Waals surface area contributed by atoms with Gasteiger partial charge < -0.3 is 9.80 Å². The van der Waals surface area contributed by atoms with Gasteiger partial charge in [-0.25, -0.2) is 19.7 Å². The second-order valence-corrected chi connectivity index (χ2v) is 9.53. The van der Waals surface area contributed by atoms with Crippen LogP contribution in [0.4, 0.5) is 11.5 Å². The lowest BCUT2D eigenvalue weighted by Gasteiger charge is -2.33. The zero-order chi connectivity index (χ0) is 24.1. The molecular weight excluding hydrogens is 442 g/mol. The number of nitrogens with zero attached hydrogens (tertiary/aromatic N) is 6. The molecule has 0 radical (unpaired) electrons. The number of piperidine rings is 1. The molecular formula is C26H27N7O2. The summed E-state index contributed by atoms with van der Waals surface area (Å²) in [5.74, 6) is 0.930. The number of benzene rings is 1. The fourth-order valence-corrected chi connectivity index (χ4v) is 5.43. The lowest BCUT2D eigenvalue weighted by atomic mass is 10.0. The van der Waals surface area contributed by atoms with Crippen LogP contribution in [0.3, 0.4) is 0 Å². The van der Waals surface area contributed by atoms with Gasteiger partial charge in [-0.1, -0.05) is 24.6 Å². The van der Waals surface area contributed by atoms with E-state index < -0.39 is 0 Å². The minimum Gasteiger partial charge on any atom is -0.356 e. The molecule has 1 aromatic carbocycles. The number of H-pyrrole nitrogens is 1. The first-order valence-electron chi connectivity index (χ1n) is 12.0. The highest BCUT2D eigenvalue weighted by Gasteiger charge is 2.32. The molecule has 0 spiro atoms. The fourth-order valence-electron chi connectivity index (χ4n) is 5.43. The van der Waals surface area contributed by atoms with Crippen LogP contribution in [0.1, 0.15) is 53.3 Å². The van der Waals surface area contributed by atoms with Crippen molar-refractivity contribution in [2.24, 2.45) is 0 Å². The van der Waals surface area contributed by atoms with Crippen molar-refractivity contribution in [1.29, 1.82) is 0 Å². The van der Waals surface area contributed by atoms with Gasteiger partial charge >= 0.3 is 5.69 Å². The maximum Gasteiger partial charge on any atom is 0.327 e. The van der Waals surface area contributed by atoms with E-state index in [-0.39, 0.29) is 23.6 Å². The first kappa shape index (κ1) is 21.5. The monoisotopic (exact) mass is 469 g/mol. The minimum absolute atomic E-state index is 0.0886. The topological polar surface area (TPSA) is 100 Å². The molecule has 1 saturated heterocycles. The Hall–Kier alpha value is -4.01. The molecule has 2 aliphatic rings. The molecule has 1 unspecified atom stereocenters. The van der Waals surface area contributed by atoms with Gasteiger partial charge in [0, 0.05) is 49.5 Å². The molecule has 9 nitrogen and oxygen atoms in total. The van der Waals surface area contributed by atoms with Crippen molar-refractivity contribution in [2.45, 2.75) is 38.6 Å². The molecule has 178 valence electrons. The average Bonchev–Trinajstić information content (AvgIpc) is 3.39. The smallest absolute Gasteiger partial charge is 0.327 e. The SMILES string of the molecule is Cc1ccc2c(c1)C(C)CN2C(=O)c1cc(N2CCC(n3c(=O)[nH]c4ncccc43)CC2)ncn1. The van der Waals surface area contributed by atoms with Crippen LogP contribution >= 0.6 is 0 Å². The van der Waals surface area contributed by atoms with E-state index in [0.717, 1.165) is 43.0 Å². The largest absolute Gasteiger partial charge is 0.356 e. The summed E-state index contributed by atoms with van der Waals surface area (Å²) in [6, 6.07) is 11.9. The van der Waals surface area contributed by atoms with Crippen LogP contribution in [0.2, 0.25) is 0 Å². The Morgan fingerprint density at radius 1 is 1.09 bits per heavy atom. The molecule has 1 N–H and O–H groups in total. The zero-order valence-corrected chi connectivity index (χ0v) is 19.8. The number of carbonyl (C=O) groups excluding carboxylic acids is 1. The van der Waals surface area contributed by atoms with Gasteiger partial charge in [0.2, 0.25) is 0 Å². The molecule has 0 bridgehead atoms. The number of carbonyl (C=O) groups is 1. The molecule has 4 aromatic rings. The Labute approximate surface area is 202 Å². The second-order valence-electron chi connectivity index (χ2n) is 9.53. The molecule has 2 aliphatic heterocycles. The third-order valence-electron chi connectivity index (χ3n) is 7.22. The molecule has 0 aliphatic carbocycles. The van der Waals surface area contributed by atoms with Gasteiger partial charge in [-0.05, 0) is 43.5 Å². The minimum atomic E-state index is -0.123. The number of nitrogens with one attached hydrogen (secondary N) is 1. The van der Waals surface area contributed by atoms with Gasteiger partial charge in [0.1, 0.15) is 17.8 Å². The summed E-state index contributed by atoms with van der Waals surface area (Å²) < 4.78 is 1.82. The van der Waals surface area contributed by atoms with Gasteiger partial charge in [-0.2, -0.15) is 0 Å². The number of pyridine rings is 1. The quantitative estimate of drug-likeness (QED) is 0.494. The summed E-state index contributed by atoms with van der Waals surface area (Å²) in [6.07, 6.45) is 4.75. The summed E-state index contributed by atoms with van der Waals surface area (Å²) in [5, 5.41) is 0. The van der Waals surface area contributed by atoms with Gasteiger partial charge in [0.25, 0.3) is 5.91 Å². The van der Waals surface area contributed by atoms with Crippen LogP contribution in [-0.2, 0) is 0 Å². The molecule has 1 atom stereocenters. The van der Waals surface area contributed by atoms with Crippen molar-refractivity contribution in [1.82, 2.24) is 24.5 Å². The molecule has 0 saturated carbocycles. The van der Waals surface area contributed by atoms with E-state index in [0.29, 0.717) is 17.9 Å². The highest BCUT2D eigenvalue weighted by Crippen LogP contribution is 2.37. The van der Waals surface area contributed by atoms with E-state index in [1.54, 1.807) is 12.3 Å². The number of imidazole rings is 1. The number of aromatic amines is 1. The van der Waals surface area contributed by atoms with Crippen molar-refractivity contribution < 1.29 is 4.79 Å². The fraction of sp³-hybridized carbons (Fsp3) is 0.346. The summed E-state index contributed by atoms with van der Waals surface area (Å²) in [6.45, 7) is 6.34.